The van der Waals surface area contributed by atoms with Crippen molar-refractivity contribution in [2.45, 2.75) is 25.5 Å². The molecule has 0 aliphatic rings. The van der Waals surface area contributed by atoms with E-state index in [-0.39, 0.29) is 4.75 Å². The molecule has 0 radical (unpaired) electrons. The van der Waals surface area contributed by atoms with E-state index < -0.39 is 11.4 Å². The molecule has 0 aliphatic heterocycles. The molecule has 19 heavy (non-hydrogen) atoms. The highest BCUT2D eigenvalue weighted by Gasteiger charge is 2.25. The summed E-state index contributed by atoms with van der Waals surface area (Å²) in [5.74, 6) is 0. The molecule has 3 nitrogen and oxygen atoms in total. The molecule has 2 aromatic heterocycles. The fourth-order valence-corrected chi connectivity index (χ4v) is 2.78. The van der Waals surface area contributed by atoms with E-state index in [1.807, 2.05) is 51.1 Å². The molecule has 0 bridgehead atoms. The van der Waals surface area contributed by atoms with E-state index in [4.69, 9.17) is 0 Å². The second-order valence-corrected chi connectivity index (χ2v) is 8.06. The second kappa shape index (κ2) is 5.86. The highest BCUT2D eigenvalue weighted by molar-refractivity contribution is 7.91. The molecule has 0 saturated carbocycles. The van der Waals surface area contributed by atoms with E-state index in [9.17, 15) is 4.55 Å². The van der Waals surface area contributed by atoms with Crippen LogP contribution in [0.1, 0.15) is 25.6 Å². The van der Waals surface area contributed by atoms with E-state index in [1.165, 1.54) is 0 Å². The molecule has 2 heterocycles. The summed E-state index contributed by atoms with van der Waals surface area (Å²) >= 11 is 0.380. The van der Waals surface area contributed by atoms with Gasteiger partial charge in [-0.05, 0) is 45.0 Å². The maximum absolute atomic E-state index is 11.8. The Hall–Kier alpha value is -1.17. The molecule has 0 aliphatic carbocycles. The zero-order valence-corrected chi connectivity index (χ0v) is 12.8. The third-order valence-corrected chi connectivity index (χ3v) is 4.73. The number of pyridine rings is 1. The first-order valence-corrected chi connectivity index (χ1v) is 7.86. The Kier molecular flexibility index (Phi) is 4.39. The van der Waals surface area contributed by atoms with Gasteiger partial charge in [-0.3, -0.25) is 4.98 Å². The van der Waals surface area contributed by atoms with Gasteiger partial charge in [0.15, 0.2) is 0 Å². The number of nitrogens with zero attached hydrogens (tertiary/aromatic N) is 2. The lowest BCUT2D eigenvalue weighted by molar-refractivity contribution is 0.562. The van der Waals surface area contributed by atoms with Crippen LogP contribution in [0.15, 0.2) is 40.9 Å². The Morgan fingerprint density at radius 2 is 2.05 bits per heavy atom. The molecule has 0 saturated heterocycles. The first-order valence-electron chi connectivity index (χ1n) is 5.94. The molecular weight excluding hydrogens is 276 g/mol. The molecule has 2 rings (SSSR count). The molecule has 1 atom stereocenters. The van der Waals surface area contributed by atoms with E-state index >= 15 is 0 Å². The third-order valence-electron chi connectivity index (χ3n) is 2.34. The number of rotatable bonds is 3. The minimum Gasteiger partial charge on any atom is -0.591 e. The van der Waals surface area contributed by atoms with Gasteiger partial charge in [0.25, 0.3) is 0 Å². The summed E-state index contributed by atoms with van der Waals surface area (Å²) in [4.78, 5) is 6.37. The van der Waals surface area contributed by atoms with Gasteiger partial charge in [-0.25, -0.2) is 0 Å². The van der Waals surface area contributed by atoms with Crippen molar-refractivity contribution in [3.05, 3.63) is 41.4 Å². The molecule has 0 fully saturated rings. The molecule has 0 N–H and O–H groups in total. The van der Waals surface area contributed by atoms with Crippen LogP contribution in [0.2, 0.25) is 0 Å². The fourth-order valence-electron chi connectivity index (χ4n) is 1.33. The largest absolute Gasteiger partial charge is 0.591 e. The van der Waals surface area contributed by atoms with Crippen LogP contribution in [-0.4, -0.2) is 20.5 Å². The lowest BCUT2D eigenvalue weighted by atomic mass is 10.3. The summed E-state index contributed by atoms with van der Waals surface area (Å²) in [7, 11) is 0. The van der Waals surface area contributed by atoms with Crippen LogP contribution in [0.25, 0.3) is 10.6 Å². The van der Waals surface area contributed by atoms with Crippen molar-refractivity contribution >= 4 is 28.9 Å². The van der Waals surface area contributed by atoms with Gasteiger partial charge in [0, 0.05) is 6.20 Å². The number of hydrogen-bond donors (Lipinski definition) is 0. The molecule has 0 unspecified atom stereocenters. The highest BCUT2D eigenvalue weighted by atomic mass is 32.2. The summed E-state index contributed by atoms with van der Waals surface area (Å²) in [6, 6.07) is 9.81. The summed E-state index contributed by atoms with van der Waals surface area (Å²) in [6.07, 6.45) is 3.45. The van der Waals surface area contributed by atoms with Gasteiger partial charge in [0.05, 0.1) is 21.7 Å². The van der Waals surface area contributed by atoms with Crippen LogP contribution in [0.5, 0.6) is 0 Å². The van der Waals surface area contributed by atoms with Crippen molar-refractivity contribution < 1.29 is 4.55 Å². The zero-order valence-electron chi connectivity index (χ0n) is 11.2. The van der Waals surface area contributed by atoms with Crippen LogP contribution in [0.3, 0.4) is 0 Å². The van der Waals surface area contributed by atoms with Gasteiger partial charge in [-0.1, -0.05) is 10.5 Å². The van der Waals surface area contributed by atoms with E-state index in [0.717, 1.165) is 15.4 Å². The standard InChI is InChI=1S/C14H16N2OS2/c1-14(2,3)19(17)16-10-11-7-8-13(18-11)12-6-4-5-9-15-12/h4-10H,1-3H3/b16-10+/t19-/m1/s1. The van der Waals surface area contributed by atoms with Gasteiger partial charge in [-0.15, -0.1) is 11.3 Å². The van der Waals surface area contributed by atoms with Crippen LogP contribution < -0.4 is 0 Å². The number of thiophene rings is 1. The topological polar surface area (TPSA) is 48.3 Å². The monoisotopic (exact) mass is 292 g/mol. The predicted octanol–water partition coefficient (Wildman–Crippen LogP) is 3.69. The molecule has 0 aromatic carbocycles. The summed E-state index contributed by atoms with van der Waals surface area (Å²) in [5, 5.41) is 0. The summed E-state index contributed by atoms with van der Waals surface area (Å²) in [6.45, 7) is 5.73. The highest BCUT2D eigenvalue weighted by Crippen LogP contribution is 2.25. The Morgan fingerprint density at radius 1 is 1.26 bits per heavy atom. The van der Waals surface area contributed by atoms with Crippen LogP contribution in [0, 0.1) is 0 Å². The van der Waals surface area contributed by atoms with Crippen molar-refractivity contribution in [2.24, 2.45) is 4.40 Å². The average molecular weight is 292 g/mol. The minimum absolute atomic E-state index is 0.322. The normalized spacial score (nSPS) is 13.9. The Morgan fingerprint density at radius 3 is 2.68 bits per heavy atom. The van der Waals surface area contributed by atoms with Gasteiger partial charge in [0.1, 0.15) is 16.1 Å². The summed E-state index contributed by atoms with van der Waals surface area (Å²) in [5.41, 5.74) is 0.948. The lowest BCUT2D eigenvalue weighted by Gasteiger charge is -2.17. The second-order valence-electron chi connectivity index (χ2n) is 5.01. The Labute approximate surface area is 120 Å². The Balaban J connectivity index is 2.12. The van der Waals surface area contributed by atoms with E-state index in [0.29, 0.717) is 0 Å². The first kappa shape index (κ1) is 14.2. The number of aromatic nitrogens is 1. The van der Waals surface area contributed by atoms with Crippen molar-refractivity contribution in [3.8, 4) is 10.6 Å². The molecule has 0 amide bonds. The SMILES string of the molecule is CC(C)(C)[S@@+]([O-])/N=C/c1ccc(-c2ccccn2)s1. The molecule has 5 heteroatoms. The van der Waals surface area contributed by atoms with E-state index in [1.54, 1.807) is 23.7 Å². The Bertz CT molecular complexity index is 558. The first-order chi connectivity index (χ1) is 8.97. The fraction of sp³-hybridized carbons (Fsp3) is 0.286. The van der Waals surface area contributed by atoms with Gasteiger partial charge in [0.2, 0.25) is 0 Å². The minimum atomic E-state index is -1.21. The van der Waals surface area contributed by atoms with Gasteiger partial charge in [-0.2, -0.15) is 0 Å². The third kappa shape index (κ3) is 3.89. The van der Waals surface area contributed by atoms with Crippen LogP contribution in [-0.2, 0) is 11.4 Å². The van der Waals surface area contributed by atoms with Crippen molar-refractivity contribution in [3.63, 3.8) is 0 Å². The lowest BCUT2D eigenvalue weighted by Crippen LogP contribution is -2.25. The summed E-state index contributed by atoms with van der Waals surface area (Å²) < 4.78 is 15.6. The quantitative estimate of drug-likeness (QED) is 0.640. The molecule has 2 aromatic rings. The zero-order chi connectivity index (χ0) is 13.9. The van der Waals surface area contributed by atoms with Crippen molar-refractivity contribution in [2.75, 3.05) is 0 Å². The maximum atomic E-state index is 11.8. The van der Waals surface area contributed by atoms with Gasteiger partial charge < -0.3 is 4.55 Å². The van der Waals surface area contributed by atoms with Crippen molar-refractivity contribution in [1.82, 2.24) is 4.98 Å². The molecule has 0 spiro atoms. The molecular formula is C14H16N2OS2. The van der Waals surface area contributed by atoms with Crippen LogP contribution in [0.4, 0.5) is 0 Å². The van der Waals surface area contributed by atoms with Crippen molar-refractivity contribution in [1.29, 1.82) is 0 Å². The van der Waals surface area contributed by atoms with Gasteiger partial charge >= 0.3 is 0 Å². The number of hydrogen-bond acceptors (Lipinski definition) is 4. The molecule has 100 valence electrons. The van der Waals surface area contributed by atoms with E-state index in [2.05, 4.69) is 9.38 Å². The smallest absolute Gasteiger partial charge is 0.144 e. The average Bonchev–Trinajstić information content (AvgIpc) is 2.84. The maximum Gasteiger partial charge on any atom is 0.144 e. The predicted molar refractivity (Wildman–Crippen MR) is 83.0 cm³/mol. The van der Waals surface area contributed by atoms with Crippen LogP contribution >= 0.6 is 11.3 Å².